The number of benzene rings is 2. The largest absolute Gasteiger partial charge is 0.478 e. The number of hydrogen-bond acceptors (Lipinski definition) is 4. The maximum Gasteiger partial charge on any atom is 0.349 e. The van der Waals surface area contributed by atoms with Crippen LogP contribution in [0.25, 0.3) is 11.2 Å². The molecule has 0 bridgehead atoms. The average molecular weight is 494 g/mol. The zero-order chi connectivity index (χ0) is 22.8. The van der Waals surface area contributed by atoms with E-state index in [0.717, 1.165) is 40.2 Å². The smallest absolute Gasteiger partial charge is 0.349 e. The Morgan fingerprint density at radius 3 is 2.50 bits per heavy atom. The van der Waals surface area contributed by atoms with Crippen molar-refractivity contribution < 1.29 is 14.6 Å². The summed E-state index contributed by atoms with van der Waals surface area (Å²) in [5.41, 5.74) is 5.54. The number of carboxylic acids is 1. The van der Waals surface area contributed by atoms with Gasteiger partial charge in [0.05, 0.1) is 6.54 Å². The van der Waals surface area contributed by atoms with Gasteiger partial charge in [0.25, 0.3) is 0 Å². The number of carbonyl (C=O) groups is 1. The lowest BCUT2D eigenvalue weighted by molar-refractivity contribution is -0.145. The second-order valence-corrected chi connectivity index (χ2v) is 8.58. The Balaban J connectivity index is 1.60. The maximum absolute atomic E-state index is 11.8. The molecule has 0 spiro atoms. The highest BCUT2D eigenvalue weighted by Crippen LogP contribution is 2.29. The second kappa shape index (κ2) is 9.12. The summed E-state index contributed by atoms with van der Waals surface area (Å²) in [6.45, 7) is 6.77. The normalized spacial score (nSPS) is 12.1. The van der Waals surface area contributed by atoms with Gasteiger partial charge in [-0.05, 0) is 49.2 Å². The van der Waals surface area contributed by atoms with Crippen LogP contribution >= 0.6 is 15.9 Å². The highest BCUT2D eigenvalue weighted by atomic mass is 79.9. The Morgan fingerprint density at radius 2 is 1.84 bits per heavy atom. The van der Waals surface area contributed by atoms with Gasteiger partial charge >= 0.3 is 5.97 Å². The molecule has 0 radical (unpaired) electrons. The number of nitrogens with zero attached hydrogens (tertiary/aromatic N) is 3. The van der Waals surface area contributed by atoms with Crippen LogP contribution in [0.4, 0.5) is 0 Å². The van der Waals surface area contributed by atoms with Crippen LogP contribution < -0.4 is 4.74 Å². The SMILES string of the molecule is CCc1nc2c(C)cc(C)nc2n1Cc1ccc(OC(C(=O)O)c2ccccc2Br)cc1. The minimum absolute atomic E-state index is 0.493. The molecule has 1 unspecified atom stereocenters. The fourth-order valence-electron chi connectivity index (χ4n) is 3.81. The van der Waals surface area contributed by atoms with Crippen molar-refractivity contribution in [3.8, 4) is 5.75 Å². The Bertz CT molecular complexity index is 1280. The number of rotatable bonds is 7. The van der Waals surface area contributed by atoms with E-state index in [2.05, 4.69) is 40.4 Å². The van der Waals surface area contributed by atoms with Crippen molar-refractivity contribution in [3.05, 3.63) is 87.3 Å². The monoisotopic (exact) mass is 493 g/mol. The van der Waals surface area contributed by atoms with Crippen molar-refractivity contribution >= 4 is 33.1 Å². The van der Waals surface area contributed by atoms with Crippen molar-refractivity contribution in [1.29, 1.82) is 0 Å². The molecule has 4 rings (SSSR count). The van der Waals surface area contributed by atoms with Crippen LogP contribution in [0.3, 0.4) is 0 Å². The number of pyridine rings is 1. The first-order chi connectivity index (χ1) is 15.4. The van der Waals surface area contributed by atoms with E-state index >= 15 is 0 Å². The van der Waals surface area contributed by atoms with Gasteiger partial charge in [-0.25, -0.2) is 14.8 Å². The van der Waals surface area contributed by atoms with Gasteiger partial charge in [-0.3, -0.25) is 0 Å². The molecule has 7 heteroatoms. The van der Waals surface area contributed by atoms with Crippen LogP contribution in [-0.4, -0.2) is 25.6 Å². The zero-order valence-electron chi connectivity index (χ0n) is 18.2. The molecule has 1 N–H and O–H groups in total. The van der Waals surface area contributed by atoms with Crippen LogP contribution in [0.2, 0.25) is 0 Å². The summed E-state index contributed by atoms with van der Waals surface area (Å²) in [6.07, 6.45) is -0.293. The van der Waals surface area contributed by atoms with Crippen molar-refractivity contribution in [2.24, 2.45) is 0 Å². The molecule has 2 heterocycles. The molecule has 2 aromatic carbocycles. The van der Waals surface area contributed by atoms with Crippen LogP contribution in [-0.2, 0) is 17.8 Å². The second-order valence-electron chi connectivity index (χ2n) is 7.72. The van der Waals surface area contributed by atoms with E-state index in [9.17, 15) is 9.90 Å². The van der Waals surface area contributed by atoms with Crippen molar-refractivity contribution in [2.75, 3.05) is 0 Å². The van der Waals surface area contributed by atoms with E-state index in [1.165, 1.54) is 0 Å². The molecule has 1 atom stereocenters. The third-order valence-corrected chi connectivity index (χ3v) is 6.07. The summed E-state index contributed by atoms with van der Waals surface area (Å²) in [5, 5.41) is 9.68. The first kappa shape index (κ1) is 22.0. The van der Waals surface area contributed by atoms with Gasteiger partial charge < -0.3 is 14.4 Å². The summed E-state index contributed by atoms with van der Waals surface area (Å²) in [7, 11) is 0. The molecule has 0 aliphatic rings. The lowest BCUT2D eigenvalue weighted by Crippen LogP contribution is -2.18. The van der Waals surface area contributed by atoms with E-state index in [-0.39, 0.29) is 0 Å². The Hall–Kier alpha value is -3.19. The lowest BCUT2D eigenvalue weighted by Gasteiger charge is -2.17. The number of aryl methyl sites for hydroxylation is 3. The molecule has 4 aromatic rings. The van der Waals surface area contributed by atoms with Crippen molar-refractivity contribution in [2.45, 2.75) is 39.8 Å². The number of aromatic nitrogens is 3. The molecule has 0 aliphatic heterocycles. The van der Waals surface area contributed by atoms with Gasteiger partial charge in [0.1, 0.15) is 17.1 Å². The third kappa shape index (κ3) is 4.39. The number of aliphatic carboxylic acids is 1. The lowest BCUT2D eigenvalue weighted by atomic mass is 10.1. The molecular weight excluding hydrogens is 470 g/mol. The highest BCUT2D eigenvalue weighted by Gasteiger charge is 2.24. The first-order valence-corrected chi connectivity index (χ1v) is 11.2. The molecule has 0 aliphatic carbocycles. The summed E-state index contributed by atoms with van der Waals surface area (Å²) in [6, 6.07) is 16.7. The van der Waals surface area contributed by atoms with Gasteiger partial charge in [-0.15, -0.1) is 0 Å². The Kier molecular flexibility index (Phi) is 6.28. The van der Waals surface area contributed by atoms with Crippen molar-refractivity contribution in [1.82, 2.24) is 14.5 Å². The predicted molar refractivity (Wildman–Crippen MR) is 127 cm³/mol. The average Bonchev–Trinajstić information content (AvgIpc) is 3.11. The number of ether oxygens (including phenoxy) is 1. The van der Waals surface area contributed by atoms with Crippen LogP contribution in [0.5, 0.6) is 5.75 Å². The van der Waals surface area contributed by atoms with E-state index < -0.39 is 12.1 Å². The molecule has 0 saturated carbocycles. The molecule has 0 saturated heterocycles. The van der Waals surface area contributed by atoms with E-state index in [1.54, 1.807) is 30.3 Å². The van der Waals surface area contributed by atoms with Gasteiger partial charge in [-0.2, -0.15) is 0 Å². The Morgan fingerprint density at radius 1 is 1.12 bits per heavy atom. The van der Waals surface area contributed by atoms with Gasteiger partial charge in [-0.1, -0.05) is 53.2 Å². The van der Waals surface area contributed by atoms with Crippen LogP contribution in [0, 0.1) is 13.8 Å². The Labute approximate surface area is 195 Å². The molecular formula is C25H24BrN3O3. The molecule has 32 heavy (non-hydrogen) atoms. The molecule has 164 valence electrons. The standard InChI is InChI=1S/C25H24BrN3O3/c1-4-21-28-22-15(2)13-16(3)27-24(22)29(21)14-17-9-11-18(12-10-17)32-23(25(30)31)19-7-5-6-8-20(19)26/h5-13,23H,4,14H2,1-3H3,(H,30,31). The summed E-state index contributed by atoms with van der Waals surface area (Å²) in [5.74, 6) is 0.435. The van der Waals surface area contributed by atoms with Crippen molar-refractivity contribution in [3.63, 3.8) is 0 Å². The summed E-state index contributed by atoms with van der Waals surface area (Å²) in [4.78, 5) is 21.3. The maximum atomic E-state index is 11.8. The number of halogens is 1. The van der Waals surface area contributed by atoms with Crippen LogP contribution in [0.1, 0.15) is 41.2 Å². The van der Waals surface area contributed by atoms with Gasteiger partial charge in [0.2, 0.25) is 6.10 Å². The van der Waals surface area contributed by atoms with Gasteiger partial charge in [0.15, 0.2) is 5.65 Å². The highest BCUT2D eigenvalue weighted by molar-refractivity contribution is 9.10. The molecule has 2 aromatic heterocycles. The topological polar surface area (TPSA) is 77.2 Å². The minimum Gasteiger partial charge on any atom is -0.478 e. The van der Waals surface area contributed by atoms with Crippen LogP contribution in [0.15, 0.2) is 59.1 Å². The third-order valence-electron chi connectivity index (χ3n) is 5.35. The fraction of sp³-hybridized carbons (Fsp3) is 0.240. The molecule has 0 fully saturated rings. The van der Waals surface area contributed by atoms with E-state index in [1.807, 2.05) is 25.1 Å². The molecule has 0 amide bonds. The number of carboxylic acid groups (broad SMARTS) is 1. The number of fused-ring (bicyclic) bond motifs is 1. The summed E-state index contributed by atoms with van der Waals surface area (Å²) >= 11 is 3.41. The zero-order valence-corrected chi connectivity index (χ0v) is 19.8. The number of imidazole rings is 1. The predicted octanol–water partition coefficient (Wildman–Crippen LogP) is 5.63. The minimum atomic E-state index is -1.10. The first-order valence-electron chi connectivity index (χ1n) is 10.4. The summed E-state index contributed by atoms with van der Waals surface area (Å²) < 4.78 is 8.66. The van der Waals surface area contributed by atoms with E-state index in [0.29, 0.717) is 22.3 Å². The number of hydrogen-bond donors (Lipinski definition) is 1. The van der Waals surface area contributed by atoms with E-state index in [4.69, 9.17) is 14.7 Å². The quantitative estimate of drug-likeness (QED) is 0.361. The molecule has 6 nitrogen and oxygen atoms in total. The van der Waals surface area contributed by atoms with Gasteiger partial charge in [0, 0.05) is 22.2 Å². The fourth-order valence-corrected chi connectivity index (χ4v) is 4.30.